The lowest BCUT2D eigenvalue weighted by Gasteiger charge is -2.17. The molecular formula is C27H30N4O2. The van der Waals surface area contributed by atoms with Crippen LogP contribution in [0.25, 0.3) is 11.0 Å². The summed E-state index contributed by atoms with van der Waals surface area (Å²) < 4.78 is 8.23. The first-order valence-electron chi connectivity index (χ1n) is 11.4. The number of hydrogen-bond acceptors (Lipinski definition) is 4. The van der Waals surface area contributed by atoms with Gasteiger partial charge in [0, 0.05) is 24.5 Å². The molecule has 4 rings (SSSR count). The van der Waals surface area contributed by atoms with Crippen LogP contribution in [0.15, 0.2) is 67.0 Å². The summed E-state index contributed by atoms with van der Waals surface area (Å²) >= 11 is 0. The molecule has 1 N–H and O–H groups in total. The molecule has 2 aromatic heterocycles. The van der Waals surface area contributed by atoms with E-state index >= 15 is 0 Å². The van der Waals surface area contributed by atoms with Crippen LogP contribution in [0, 0.1) is 13.8 Å². The second-order valence-corrected chi connectivity index (χ2v) is 8.30. The second-order valence-electron chi connectivity index (χ2n) is 8.30. The van der Waals surface area contributed by atoms with Gasteiger partial charge in [0.25, 0.3) is 5.91 Å². The Balaban J connectivity index is 1.42. The van der Waals surface area contributed by atoms with Crippen molar-refractivity contribution in [2.45, 2.75) is 46.2 Å². The first-order valence-corrected chi connectivity index (χ1v) is 11.4. The quantitative estimate of drug-likeness (QED) is 0.353. The van der Waals surface area contributed by atoms with Crippen LogP contribution in [-0.4, -0.2) is 27.0 Å². The molecule has 0 bridgehead atoms. The van der Waals surface area contributed by atoms with Gasteiger partial charge in [-0.3, -0.25) is 9.78 Å². The summed E-state index contributed by atoms with van der Waals surface area (Å²) in [6, 6.07) is 17.4. The van der Waals surface area contributed by atoms with E-state index in [1.807, 2.05) is 37.3 Å². The van der Waals surface area contributed by atoms with Crippen molar-refractivity contribution in [2.75, 3.05) is 6.61 Å². The smallest absolute Gasteiger partial charge is 0.251 e. The normalized spacial score (nSPS) is 12.0. The number of nitrogens with zero attached hydrogens (tertiary/aromatic N) is 3. The monoisotopic (exact) mass is 442 g/mol. The summed E-state index contributed by atoms with van der Waals surface area (Å²) in [4.78, 5) is 21.5. The van der Waals surface area contributed by atoms with Crippen molar-refractivity contribution in [3.05, 3.63) is 89.5 Å². The highest BCUT2D eigenvalue weighted by molar-refractivity contribution is 5.94. The van der Waals surface area contributed by atoms with Gasteiger partial charge >= 0.3 is 0 Å². The van der Waals surface area contributed by atoms with Gasteiger partial charge in [0.1, 0.15) is 11.6 Å². The molecule has 33 heavy (non-hydrogen) atoms. The first-order chi connectivity index (χ1) is 16.0. The number of amides is 1. The van der Waals surface area contributed by atoms with Crippen molar-refractivity contribution < 1.29 is 9.53 Å². The van der Waals surface area contributed by atoms with E-state index in [0.717, 1.165) is 42.0 Å². The number of rotatable bonds is 9. The van der Waals surface area contributed by atoms with Gasteiger partial charge in [-0.05, 0) is 75.1 Å². The number of imidazole rings is 1. The van der Waals surface area contributed by atoms with Gasteiger partial charge in [-0.2, -0.15) is 0 Å². The zero-order chi connectivity index (χ0) is 23.2. The second kappa shape index (κ2) is 10.3. The van der Waals surface area contributed by atoms with Crippen molar-refractivity contribution in [1.29, 1.82) is 0 Å². The fourth-order valence-electron chi connectivity index (χ4n) is 3.94. The lowest BCUT2D eigenvalue weighted by atomic mass is 10.1. The van der Waals surface area contributed by atoms with E-state index in [1.54, 1.807) is 24.5 Å². The zero-order valence-electron chi connectivity index (χ0n) is 19.4. The van der Waals surface area contributed by atoms with Gasteiger partial charge in [-0.1, -0.05) is 24.3 Å². The van der Waals surface area contributed by atoms with Gasteiger partial charge in [-0.15, -0.1) is 0 Å². The molecule has 0 aliphatic heterocycles. The van der Waals surface area contributed by atoms with Crippen LogP contribution in [0.4, 0.5) is 0 Å². The minimum absolute atomic E-state index is 0.134. The number of para-hydroxylation sites is 2. The Morgan fingerprint density at radius 1 is 1.03 bits per heavy atom. The number of aryl methyl sites for hydroxylation is 2. The highest BCUT2D eigenvalue weighted by Crippen LogP contribution is 2.23. The minimum Gasteiger partial charge on any atom is -0.493 e. The van der Waals surface area contributed by atoms with Crippen molar-refractivity contribution in [3.63, 3.8) is 0 Å². The number of ether oxygens (including phenoxy) is 1. The number of unbranched alkanes of at least 4 members (excludes halogenated alkanes) is 1. The number of pyridine rings is 1. The van der Waals surface area contributed by atoms with E-state index in [4.69, 9.17) is 9.72 Å². The molecule has 1 atom stereocenters. The van der Waals surface area contributed by atoms with E-state index in [1.165, 1.54) is 11.1 Å². The molecule has 1 unspecified atom stereocenters. The molecule has 1 amide bonds. The Morgan fingerprint density at radius 3 is 2.64 bits per heavy atom. The number of carbonyl (C=O) groups excluding carboxylic acids is 1. The molecule has 2 heterocycles. The largest absolute Gasteiger partial charge is 0.493 e. The van der Waals surface area contributed by atoms with Gasteiger partial charge in [-0.25, -0.2) is 4.98 Å². The van der Waals surface area contributed by atoms with Crippen LogP contribution < -0.4 is 10.1 Å². The number of benzene rings is 2. The molecule has 0 saturated carbocycles. The van der Waals surface area contributed by atoms with Crippen LogP contribution in [0.3, 0.4) is 0 Å². The number of aromatic nitrogens is 3. The Morgan fingerprint density at radius 2 is 1.82 bits per heavy atom. The molecule has 0 saturated heterocycles. The molecular weight excluding hydrogens is 412 g/mol. The topological polar surface area (TPSA) is 69.0 Å². The fraction of sp³-hybridized carbons (Fsp3) is 0.296. The average Bonchev–Trinajstić information content (AvgIpc) is 3.21. The van der Waals surface area contributed by atoms with Gasteiger partial charge in [0.15, 0.2) is 0 Å². The summed E-state index contributed by atoms with van der Waals surface area (Å²) in [5.74, 6) is 1.68. The maximum atomic E-state index is 12.6. The molecule has 0 radical (unpaired) electrons. The van der Waals surface area contributed by atoms with Gasteiger partial charge in [0.2, 0.25) is 0 Å². The molecule has 0 aliphatic rings. The predicted molar refractivity (Wildman–Crippen MR) is 130 cm³/mol. The lowest BCUT2D eigenvalue weighted by Crippen LogP contribution is -2.28. The number of carbonyl (C=O) groups is 1. The number of fused-ring (bicyclic) bond motifs is 1. The standard InChI is InChI=1S/C27H30N4O2/c1-19-9-8-12-25(20(19)2)33-18-7-6-17-31-24-11-5-4-10-23(24)30-26(31)21(3)29-27(32)22-13-15-28-16-14-22/h4-5,8-16,21H,6-7,17-18H2,1-3H3,(H,29,32). The zero-order valence-corrected chi connectivity index (χ0v) is 19.4. The van der Waals surface area contributed by atoms with Crippen LogP contribution in [0.1, 0.15) is 53.1 Å². The average molecular weight is 443 g/mol. The first kappa shape index (κ1) is 22.5. The van der Waals surface area contributed by atoms with Crippen molar-refractivity contribution >= 4 is 16.9 Å². The summed E-state index contributed by atoms with van der Waals surface area (Å²) in [6.45, 7) is 7.64. The Bertz CT molecular complexity index is 1230. The fourth-order valence-corrected chi connectivity index (χ4v) is 3.94. The molecule has 0 fully saturated rings. The van der Waals surface area contributed by atoms with E-state index in [-0.39, 0.29) is 11.9 Å². The summed E-state index contributed by atoms with van der Waals surface area (Å²) in [5.41, 5.74) is 5.03. The molecule has 170 valence electrons. The molecule has 6 heteroatoms. The molecule has 0 aliphatic carbocycles. The summed E-state index contributed by atoms with van der Waals surface area (Å²) in [5, 5.41) is 3.07. The minimum atomic E-state index is -0.232. The van der Waals surface area contributed by atoms with Crippen molar-refractivity contribution in [3.8, 4) is 5.75 Å². The molecule has 2 aromatic carbocycles. The van der Waals surface area contributed by atoms with Gasteiger partial charge < -0.3 is 14.6 Å². The summed E-state index contributed by atoms with van der Waals surface area (Å²) in [7, 11) is 0. The predicted octanol–water partition coefficient (Wildman–Crippen LogP) is 5.40. The van der Waals surface area contributed by atoms with Crippen molar-refractivity contribution in [2.24, 2.45) is 0 Å². The maximum absolute atomic E-state index is 12.6. The lowest BCUT2D eigenvalue weighted by molar-refractivity contribution is 0.0937. The highest BCUT2D eigenvalue weighted by atomic mass is 16.5. The molecule has 4 aromatic rings. The van der Waals surface area contributed by atoms with Crippen LogP contribution in [0.2, 0.25) is 0 Å². The highest BCUT2D eigenvalue weighted by Gasteiger charge is 2.19. The van der Waals surface area contributed by atoms with Crippen LogP contribution in [0.5, 0.6) is 5.75 Å². The number of hydrogen-bond donors (Lipinski definition) is 1. The third kappa shape index (κ3) is 5.22. The van der Waals surface area contributed by atoms with Crippen LogP contribution >= 0.6 is 0 Å². The molecule has 0 spiro atoms. The Kier molecular flexibility index (Phi) is 7.03. The third-order valence-electron chi connectivity index (χ3n) is 5.95. The van der Waals surface area contributed by atoms with E-state index in [0.29, 0.717) is 12.2 Å². The van der Waals surface area contributed by atoms with Crippen LogP contribution in [-0.2, 0) is 6.54 Å². The van der Waals surface area contributed by atoms with E-state index in [9.17, 15) is 4.79 Å². The maximum Gasteiger partial charge on any atom is 0.251 e. The van der Waals surface area contributed by atoms with Crippen molar-refractivity contribution in [1.82, 2.24) is 19.9 Å². The Labute approximate surface area is 194 Å². The Hall–Kier alpha value is -3.67. The molecule has 6 nitrogen and oxygen atoms in total. The SMILES string of the molecule is Cc1cccc(OCCCCn2c(C(C)NC(=O)c3ccncc3)nc3ccccc32)c1C. The van der Waals surface area contributed by atoms with E-state index in [2.05, 4.69) is 40.8 Å². The van der Waals surface area contributed by atoms with E-state index < -0.39 is 0 Å². The summed E-state index contributed by atoms with van der Waals surface area (Å²) in [6.07, 6.45) is 5.12. The number of nitrogens with one attached hydrogen (secondary N) is 1. The third-order valence-corrected chi connectivity index (χ3v) is 5.95. The van der Waals surface area contributed by atoms with Gasteiger partial charge in [0.05, 0.1) is 23.7 Å².